The predicted octanol–water partition coefficient (Wildman–Crippen LogP) is 10.8. The van der Waals surface area contributed by atoms with E-state index in [2.05, 4.69) is 121 Å². The number of rotatable bonds is 13. The van der Waals surface area contributed by atoms with Gasteiger partial charge in [0.1, 0.15) is 0 Å². The van der Waals surface area contributed by atoms with Gasteiger partial charge in [0.15, 0.2) is 5.78 Å². The molecule has 1 aliphatic rings. The Morgan fingerprint density at radius 1 is 0.690 bits per heavy atom. The quantitative estimate of drug-likeness (QED) is 0.225. The highest BCUT2D eigenvalue weighted by atomic mass is 16.3. The highest BCUT2D eigenvalue weighted by molar-refractivity contribution is 5.97. The van der Waals surface area contributed by atoms with Crippen LogP contribution in [0.1, 0.15) is 82.1 Å². The molecule has 0 aromatic rings. The van der Waals surface area contributed by atoms with Gasteiger partial charge >= 0.3 is 0 Å². The van der Waals surface area contributed by atoms with E-state index in [1.54, 1.807) is 0 Å². The maximum atomic E-state index is 12.1. The molecule has 0 amide bonds. The lowest BCUT2D eigenvalue weighted by Crippen LogP contribution is -2.24. The van der Waals surface area contributed by atoms with Crippen LogP contribution in [0.4, 0.5) is 0 Å². The van der Waals surface area contributed by atoms with E-state index in [-0.39, 0.29) is 17.1 Å². The molecule has 0 aromatic heterocycles. The number of ketones is 1. The van der Waals surface area contributed by atoms with E-state index in [0.29, 0.717) is 6.42 Å². The minimum Gasteiger partial charge on any atom is -0.389 e. The summed E-state index contributed by atoms with van der Waals surface area (Å²) in [4.78, 5) is 12.1. The Labute approximate surface area is 257 Å². The lowest BCUT2D eigenvalue weighted by Gasteiger charge is -2.32. The van der Waals surface area contributed by atoms with Crippen LogP contribution in [0.2, 0.25) is 0 Å². The standard InChI is InChI=1S/C40H54O2/c1-30(2)38(41)27-25-35(7)23-15-21-33(5)20-13-18-31(3)16-11-12-17-32(4)19-14-22-34(6)24-26-37-36(8)39(42)28-29-40(37,9)10/h11-27,30,38,41H,28-29H2,1-10H3/b12-11+,18-13+,19-14+,21-15+,26-24+,27-25+,31-16+,32-17+,33-20+,34-22+,35-23+. The fraction of sp³-hybridized carbons (Fsp3) is 0.375. The molecule has 2 heteroatoms. The molecule has 0 spiro atoms. The van der Waals surface area contributed by atoms with Crippen LogP contribution >= 0.6 is 0 Å². The second kappa shape index (κ2) is 18.8. The molecular weight excluding hydrogens is 512 g/mol. The maximum absolute atomic E-state index is 12.1. The molecule has 0 heterocycles. The van der Waals surface area contributed by atoms with E-state index >= 15 is 0 Å². The number of hydrogen-bond acceptors (Lipinski definition) is 2. The number of carbonyl (C=O) groups excluding carboxylic acids is 1. The van der Waals surface area contributed by atoms with E-state index in [4.69, 9.17) is 0 Å². The number of allylic oxidation sites excluding steroid dienone is 23. The van der Waals surface area contributed by atoms with Crippen LogP contribution in [0.25, 0.3) is 0 Å². The Bertz CT molecular complexity index is 1280. The number of Topliss-reactive ketones (excluding diaryl/α,β-unsaturated/α-hetero) is 1. The van der Waals surface area contributed by atoms with Crippen molar-refractivity contribution in [3.63, 3.8) is 0 Å². The first-order valence-electron chi connectivity index (χ1n) is 15.1. The van der Waals surface area contributed by atoms with Gasteiger partial charge in [0, 0.05) is 6.42 Å². The van der Waals surface area contributed by atoms with Crippen LogP contribution in [-0.4, -0.2) is 17.0 Å². The maximum Gasteiger partial charge on any atom is 0.158 e. The second-order valence-electron chi connectivity index (χ2n) is 12.3. The van der Waals surface area contributed by atoms with Gasteiger partial charge in [-0.25, -0.2) is 0 Å². The molecule has 1 rings (SSSR count). The summed E-state index contributed by atoms with van der Waals surface area (Å²) >= 11 is 0. The Kier molecular flexibility index (Phi) is 16.4. The molecule has 1 aliphatic carbocycles. The van der Waals surface area contributed by atoms with Gasteiger partial charge in [-0.1, -0.05) is 159 Å². The van der Waals surface area contributed by atoms with Crippen LogP contribution in [0.15, 0.2) is 142 Å². The van der Waals surface area contributed by atoms with Crippen molar-refractivity contribution in [3.8, 4) is 0 Å². The summed E-state index contributed by atoms with van der Waals surface area (Å²) < 4.78 is 0. The highest BCUT2D eigenvalue weighted by Gasteiger charge is 2.30. The fourth-order valence-electron chi connectivity index (χ4n) is 4.19. The number of carbonyl (C=O) groups is 1. The smallest absolute Gasteiger partial charge is 0.158 e. The molecule has 0 saturated carbocycles. The summed E-state index contributed by atoms with van der Waals surface area (Å²) in [7, 11) is 0. The Hall–Kier alpha value is -3.49. The number of aliphatic hydroxyl groups is 1. The minimum atomic E-state index is -0.408. The second-order valence-corrected chi connectivity index (χ2v) is 12.3. The summed E-state index contributed by atoms with van der Waals surface area (Å²) in [5, 5.41) is 9.87. The zero-order valence-corrected chi connectivity index (χ0v) is 27.7. The van der Waals surface area contributed by atoms with Crippen LogP contribution in [0, 0.1) is 11.3 Å². The van der Waals surface area contributed by atoms with Crippen molar-refractivity contribution in [2.75, 3.05) is 0 Å². The molecule has 1 atom stereocenters. The summed E-state index contributed by atoms with van der Waals surface area (Å²) in [6.07, 6.45) is 36.1. The summed E-state index contributed by atoms with van der Waals surface area (Å²) in [6, 6.07) is 0. The molecule has 0 aliphatic heterocycles. The molecule has 226 valence electrons. The van der Waals surface area contributed by atoms with Crippen molar-refractivity contribution in [3.05, 3.63) is 142 Å². The summed E-state index contributed by atoms with van der Waals surface area (Å²) in [6.45, 7) is 20.8. The van der Waals surface area contributed by atoms with Gasteiger partial charge in [-0.15, -0.1) is 0 Å². The SMILES string of the molecule is CC1=C(/C=C/C(C)=C/C=C/C(C)=C/C=C/C=C(C)/C=C/C=C(C)/C=C/C=C(C)/C=C/C(O)C(C)C)C(C)(C)CCC1=O. The molecule has 0 saturated heterocycles. The fourth-order valence-corrected chi connectivity index (χ4v) is 4.19. The van der Waals surface area contributed by atoms with Crippen molar-refractivity contribution < 1.29 is 9.90 Å². The molecule has 0 radical (unpaired) electrons. The summed E-state index contributed by atoms with van der Waals surface area (Å²) in [5.41, 5.74) is 7.85. The van der Waals surface area contributed by atoms with Crippen molar-refractivity contribution in [1.82, 2.24) is 0 Å². The lowest BCUT2D eigenvalue weighted by atomic mass is 9.72. The molecule has 2 nitrogen and oxygen atoms in total. The van der Waals surface area contributed by atoms with Gasteiger partial charge in [0.2, 0.25) is 0 Å². The van der Waals surface area contributed by atoms with E-state index in [0.717, 1.165) is 34.3 Å². The third kappa shape index (κ3) is 14.9. The first-order chi connectivity index (χ1) is 19.7. The van der Waals surface area contributed by atoms with Crippen LogP contribution < -0.4 is 0 Å². The van der Waals surface area contributed by atoms with Crippen molar-refractivity contribution >= 4 is 5.78 Å². The van der Waals surface area contributed by atoms with Crippen LogP contribution in [0.5, 0.6) is 0 Å². The molecule has 1 unspecified atom stereocenters. The monoisotopic (exact) mass is 566 g/mol. The van der Waals surface area contributed by atoms with Crippen LogP contribution in [-0.2, 0) is 4.79 Å². The first-order valence-corrected chi connectivity index (χ1v) is 15.1. The van der Waals surface area contributed by atoms with Gasteiger partial charge in [-0.3, -0.25) is 4.79 Å². The third-order valence-corrected chi connectivity index (χ3v) is 7.26. The molecular formula is C40H54O2. The van der Waals surface area contributed by atoms with Gasteiger partial charge < -0.3 is 5.11 Å². The Morgan fingerprint density at radius 2 is 1.10 bits per heavy atom. The topological polar surface area (TPSA) is 37.3 Å². The Morgan fingerprint density at radius 3 is 1.55 bits per heavy atom. The van der Waals surface area contributed by atoms with Gasteiger partial charge in [-0.2, -0.15) is 0 Å². The van der Waals surface area contributed by atoms with E-state index in [9.17, 15) is 9.90 Å². The molecule has 0 bridgehead atoms. The number of hydrogen-bond donors (Lipinski definition) is 1. The molecule has 0 fully saturated rings. The predicted molar refractivity (Wildman–Crippen MR) is 185 cm³/mol. The number of aliphatic hydroxyl groups excluding tert-OH is 1. The minimum absolute atomic E-state index is 0.0421. The molecule has 42 heavy (non-hydrogen) atoms. The van der Waals surface area contributed by atoms with Gasteiger partial charge in [0.05, 0.1) is 6.10 Å². The van der Waals surface area contributed by atoms with E-state index < -0.39 is 6.10 Å². The highest BCUT2D eigenvalue weighted by Crippen LogP contribution is 2.39. The lowest BCUT2D eigenvalue weighted by molar-refractivity contribution is -0.116. The van der Waals surface area contributed by atoms with Gasteiger partial charge in [0.25, 0.3) is 0 Å². The average Bonchev–Trinajstić information content (AvgIpc) is 2.91. The van der Waals surface area contributed by atoms with Gasteiger partial charge in [-0.05, 0) is 70.4 Å². The average molecular weight is 567 g/mol. The van der Waals surface area contributed by atoms with Crippen molar-refractivity contribution in [1.29, 1.82) is 0 Å². The zero-order valence-electron chi connectivity index (χ0n) is 27.7. The zero-order chi connectivity index (χ0) is 31.7. The largest absolute Gasteiger partial charge is 0.389 e. The normalized spacial score (nSPS) is 19.5. The van der Waals surface area contributed by atoms with Crippen molar-refractivity contribution in [2.24, 2.45) is 11.3 Å². The van der Waals surface area contributed by atoms with Crippen LogP contribution in [0.3, 0.4) is 0 Å². The molecule has 0 aromatic carbocycles. The first kappa shape index (κ1) is 36.5. The van der Waals surface area contributed by atoms with Crippen molar-refractivity contribution in [2.45, 2.75) is 88.2 Å². The van der Waals surface area contributed by atoms with E-state index in [1.807, 2.05) is 52.0 Å². The Balaban J connectivity index is 2.64. The molecule has 1 N–H and O–H groups in total. The van der Waals surface area contributed by atoms with E-state index in [1.165, 1.54) is 11.1 Å². The third-order valence-electron chi connectivity index (χ3n) is 7.26. The summed E-state index contributed by atoms with van der Waals surface area (Å²) in [5.74, 6) is 0.495.